The Bertz CT molecular complexity index is 1040. The number of benzene rings is 2. The van der Waals surface area contributed by atoms with Gasteiger partial charge in [-0.1, -0.05) is 40.2 Å². The second-order valence-electron chi connectivity index (χ2n) is 7.34. The lowest BCUT2D eigenvalue weighted by Gasteiger charge is -2.10. The maximum Gasteiger partial charge on any atom is 0.223 e. The quantitative estimate of drug-likeness (QED) is 0.350. The zero-order chi connectivity index (χ0) is 22.8. The summed E-state index contributed by atoms with van der Waals surface area (Å²) in [4.78, 5) is 21.1. The molecular weight excluding hydrogens is 470 g/mol. The minimum Gasteiger partial charge on any atom is -0.493 e. The summed E-state index contributed by atoms with van der Waals surface area (Å²) in [5, 5.41) is 4.14. The number of ether oxygens (including phenoxy) is 2. The van der Waals surface area contributed by atoms with Crippen molar-refractivity contribution >= 4 is 27.7 Å². The summed E-state index contributed by atoms with van der Waals surface area (Å²) in [6.45, 7) is 0.682. The third-order valence-corrected chi connectivity index (χ3v) is 5.57. The van der Waals surface area contributed by atoms with Crippen molar-refractivity contribution in [2.45, 2.75) is 25.7 Å². The number of aromatic nitrogens is 2. The second-order valence-corrected chi connectivity index (χ2v) is 8.13. The summed E-state index contributed by atoms with van der Waals surface area (Å²) in [5.41, 5.74) is 3.93. The van der Waals surface area contributed by atoms with E-state index in [9.17, 15) is 4.79 Å². The Morgan fingerprint density at radius 2 is 1.88 bits per heavy atom. The standard InChI is InChI=1S/C25H28BrN3O3/c1-31-23-9-8-18(17-24(23)32-2)10-13-27-25-28-14-11-22(29-25)20-6-3-5-19(15-20)16-21(30)7-4-12-26/h3,5-6,8-9,11,14-15,17H,4,7,10,12-13,16H2,1-2H3,(H,27,28,29). The van der Waals surface area contributed by atoms with Crippen molar-refractivity contribution in [3.8, 4) is 22.8 Å². The number of rotatable bonds is 12. The molecule has 2 aromatic carbocycles. The molecule has 0 aliphatic rings. The third kappa shape index (κ3) is 6.79. The first-order chi connectivity index (χ1) is 15.6. The molecule has 0 aliphatic carbocycles. The lowest BCUT2D eigenvalue weighted by atomic mass is 10.0. The maximum absolute atomic E-state index is 12.1. The SMILES string of the molecule is COc1ccc(CCNc2nccc(-c3cccc(CC(=O)CCCBr)c3)n2)cc1OC. The highest BCUT2D eigenvalue weighted by Crippen LogP contribution is 2.27. The molecule has 0 radical (unpaired) electrons. The fraction of sp³-hybridized carbons (Fsp3) is 0.320. The molecule has 32 heavy (non-hydrogen) atoms. The van der Waals surface area contributed by atoms with Crippen molar-refractivity contribution in [1.29, 1.82) is 0 Å². The van der Waals surface area contributed by atoms with Crippen LogP contribution in [0, 0.1) is 0 Å². The minimum atomic E-state index is 0.252. The molecule has 0 aliphatic heterocycles. The third-order valence-electron chi connectivity index (χ3n) is 5.01. The number of nitrogens with one attached hydrogen (secondary N) is 1. The van der Waals surface area contributed by atoms with Gasteiger partial charge in [-0.15, -0.1) is 0 Å². The van der Waals surface area contributed by atoms with Crippen molar-refractivity contribution in [2.24, 2.45) is 0 Å². The van der Waals surface area contributed by atoms with Crippen molar-refractivity contribution in [1.82, 2.24) is 9.97 Å². The van der Waals surface area contributed by atoms with Gasteiger partial charge in [0.05, 0.1) is 19.9 Å². The molecule has 6 nitrogen and oxygen atoms in total. The molecule has 0 amide bonds. The van der Waals surface area contributed by atoms with Crippen LogP contribution in [-0.4, -0.2) is 41.8 Å². The van der Waals surface area contributed by atoms with E-state index in [0.29, 0.717) is 36.8 Å². The molecule has 168 valence electrons. The van der Waals surface area contributed by atoms with Gasteiger partial charge in [-0.05, 0) is 48.2 Å². The molecule has 3 rings (SSSR count). The van der Waals surface area contributed by atoms with Crippen LogP contribution in [0.4, 0.5) is 5.95 Å². The van der Waals surface area contributed by atoms with Crippen LogP contribution >= 0.6 is 15.9 Å². The van der Waals surface area contributed by atoms with E-state index in [0.717, 1.165) is 40.6 Å². The number of hydrogen-bond donors (Lipinski definition) is 1. The first-order valence-corrected chi connectivity index (χ1v) is 11.7. The molecule has 0 spiro atoms. The molecule has 3 aromatic rings. The molecule has 1 heterocycles. The number of carbonyl (C=O) groups is 1. The first kappa shape index (κ1) is 23.7. The number of alkyl halides is 1. The Labute approximate surface area is 197 Å². The highest BCUT2D eigenvalue weighted by molar-refractivity contribution is 9.09. The fourth-order valence-electron chi connectivity index (χ4n) is 3.38. The normalized spacial score (nSPS) is 10.6. The van der Waals surface area contributed by atoms with Gasteiger partial charge < -0.3 is 14.8 Å². The number of carbonyl (C=O) groups excluding carboxylic acids is 1. The van der Waals surface area contributed by atoms with E-state index >= 15 is 0 Å². The van der Waals surface area contributed by atoms with Gasteiger partial charge in [-0.3, -0.25) is 4.79 Å². The van der Waals surface area contributed by atoms with E-state index in [1.54, 1.807) is 20.4 Å². The summed E-state index contributed by atoms with van der Waals surface area (Å²) >= 11 is 3.37. The number of Topliss-reactive ketones (excluding diaryl/α,β-unsaturated/α-hetero) is 1. The van der Waals surface area contributed by atoms with Gasteiger partial charge in [0.25, 0.3) is 0 Å². The highest BCUT2D eigenvalue weighted by Gasteiger charge is 2.08. The van der Waals surface area contributed by atoms with E-state index in [1.807, 2.05) is 48.5 Å². The van der Waals surface area contributed by atoms with Gasteiger partial charge >= 0.3 is 0 Å². The average molecular weight is 498 g/mol. The van der Waals surface area contributed by atoms with E-state index in [2.05, 4.69) is 31.2 Å². The van der Waals surface area contributed by atoms with E-state index in [4.69, 9.17) is 9.47 Å². The molecule has 0 atom stereocenters. The zero-order valence-corrected chi connectivity index (χ0v) is 20.0. The summed E-state index contributed by atoms with van der Waals surface area (Å²) < 4.78 is 10.7. The monoisotopic (exact) mass is 497 g/mol. The lowest BCUT2D eigenvalue weighted by molar-refractivity contribution is -0.118. The number of halogens is 1. The van der Waals surface area contributed by atoms with Crippen LogP contribution in [0.3, 0.4) is 0 Å². The van der Waals surface area contributed by atoms with Crippen molar-refractivity contribution in [3.05, 3.63) is 65.9 Å². The predicted molar refractivity (Wildman–Crippen MR) is 131 cm³/mol. The van der Waals surface area contributed by atoms with Crippen molar-refractivity contribution in [3.63, 3.8) is 0 Å². The van der Waals surface area contributed by atoms with Gasteiger partial charge in [0, 0.05) is 36.5 Å². The zero-order valence-electron chi connectivity index (χ0n) is 18.4. The number of methoxy groups -OCH3 is 2. The van der Waals surface area contributed by atoms with Gasteiger partial charge in [0.1, 0.15) is 5.78 Å². The number of anilines is 1. The molecule has 0 unspecified atom stereocenters. The van der Waals surface area contributed by atoms with Gasteiger partial charge in [-0.25, -0.2) is 9.97 Å². The molecule has 0 fully saturated rings. The molecule has 7 heteroatoms. The Balaban J connectivity index is 1.62. The average Bonchev–Trinajstić information content (AvgIpc) is 2.83. The Morgan fingerprint density at radius 1 is 1.03 bits per heavy atom. The summed E-state index contributed by atoms with van der Waals surface area (Å²) in [7, 11) is 3.26. The van der Waals surface area contributed by atoms with Crippen molar-refractivity contribution in [2.75, 3.05) is 31.4 Å². The predicted octanol–water partition coefficient (Wildman–Crippen LogP) is 5.10. The second kappa shape index (κ2) is 12.2. The smallest absolute Gasteiger partial charge is 0.223 e. The van der Waals surface area contributed by atoms with Crippen LogP contribution < -0.4 is 14.8 Å². The maximum atomic E-state index is 12.1. The van der Waals surface area contributed by atoms with Crippen LogP contribution in [0.25, 0.3) is 11.3 Å². The molecular formula is C25H28BrN3O3. The topological polar surface area (TPSA) is 73.3 Å². The number of ketones is 1. The molecule has 1 aromatic heterocycles. The van der Waals surface area contributed by atoms with E-state index in [1.165, 1.54) is 0 Å². The van der Waals surface area contributed by atoms with Crippen LogP contribution in [0.2, 0.25) is 0 Å². The molecule has 0 bridgehead atoms. The Hall–Kier alpha value is -2.93. The number of hydrogen-bond acceptors (Lipinski definition) is 6. The van der Waals surface area contributed by atoms with Crippen LogP contribution in [0.5, 0.6) is 11.5 Å². The molecule has 1 N–H and O–H groups in total. The Morgan fingerprint density at radius 3 is 2.66 bits per heavy atom. The van der Waals surface area contributed by atoms with Crippen LogP contribution in [-0.2, 0) is 17.6 Å². The number of nitrogens with zero attached hydrogens (tertiary/aromatic N) is 2. The molecule has 0 saturated carbocycles. The van der Waals surface area contributed by atoms with E-state index in [-0.39, 0.29) is 5.78 Å². The van der Waals surface area contributed by atoms with E-state index < -0.39 is 0 Å². The van der Waals surface area contributed by atoms with Gasteiger partial charge in [0.2, 0.25) is 5.95 Å². The summed E-state index contributed by atoms with van der Waals surface area (Å²) in [5.74, 6) is 2.25. The fourth-order valence-corrected chi connectivity index (χ4v) is 3.66. The van der Waals surface area contributed by atoms with Gasteiger partial charge in [-0.2, -0.15) is 0 Å². The Kier molecular flexibility index (Phi) is 9.04. The summed E-state index contributed by atoms with van der Waals surface area (Å²) in [6, 6.07) is 15.8. The summed E-state index contributed by atoms with van der Waals surface area (Å²) in [6.07, 6.45) is 4.44. The van der Waals surface area contributed by atoms with Crippen LogP contribution in [0.15, 0.2) is 54.7 Å². The lowest BCUT2D eigenvalue weighted by Crippen LogP contribution is -2.08. The minimum absolute atomic E-state index is 0.252. The highest BCUT2D eigenvalue weighted by atomic mass is 79.9. The largest absolute Gasteiger partial charge is 0.493 e. The van der Waals surface area contributed by atoms with Crippen LogP contribution in [0.1, 0.15) is 24.0 Å². The molecule has 0 saturated heterocycles. The first-order valence-electron chi connectivity index (χ1n) is 10.6. The van der Waals surface area contributed by atoms with Crippen molar-refractivity contribution < 1.29 is 14.3 Å². The van der Waals surface area contributed by atoms with Gasteiger partial charge in [0.15, 0.2) is 11.5 Å².